The first-order chi connectivity index (χ1) is 8.58. The van der Waals surface area contributed by atoms with Crippen LogP contribution in [0.5, 0.6) is 0 Å². The second kappa shape index (κ2) is 7.03. The minimum atomic E-state index is -0.807. The van der Waals surface area contributed by atoms with E-state index in [-0.39, 0.29) is 18.4 Å². The van der Waals surface area contributed by atoms with Gasteiger partial charge in [0.05, 0.1) is 6.42 Å². The minimum absolute atomic E-state index is 0.106. The van der Waals surface area contributed by atoms with E-state index in [2.05, 4.69) is 11.9 Å². The number of carboxylic acid groups (broad SMARTS) is 1. The zero-order valence-electron chi connectivity index (χ0n) is 10.6. The quantitative estimate of drug-likeness (QED) is 0.714. The Morgan fingerprint density at radius 2 is 2.00 bits per heavy atom. The number of hydrogen-bond donors (Lipinski definition) is 2. The van der Waals surface area contributed by atoms with Crippen molar-refractivity contribution in [3.63, 3.8) is 0 Å². The van der Waals surface area contributed by atoms with Crippen LogP contribution in [0.15, 0.2) is 12.7 Å². The largest absolute Gasteiger partial charge is 0.481 e. The molecule has 1 fully saturated rings. The van der Waals surface area contributed by atoms with Crippen molar-refractivity contribution in [1.29, 1.82) is 0 Å². The van der Waals surface area contributed by atoms with Gasteiger partial charge in [0.15, 0.2) is 0 Å². The van der Waals surface area contributed by atoms with E-state index in [1.807, 2.05) is 0 Å². The summed E-state index contributed by atoms with van der Waals surface area (Å²) < 4.78 is 4.82. The van der Waals surface area contributed by atoms with Crippen LogP contribution in [0.1, 0.15) is 38.5 Å². The highest BCUT2D eigenvalue weighted by atomic mass is 16.5. The van der Waals surface area contributed by atoms with Gasteiger partial charge in [-0.2, -0.15) is 0 Å². The Hall–Kier alpha value is -1.52. The van der Waals surface area contributed by atoms with Crippen LogP contribution in [0.2, 0.25) is 0 Å². The Bertz CT molecular complexity index is 308. The zero-order valence-corrected chi connectivity index (χ0v) is 10.6. The van der Waals surface area contributed by atoms with Gasteiger partial charge >= 0.3 is 12.1 Å². The van der Waals surface area contributed by atoms with E-state index in [4.69, 9.17) is 9.84 Å². The molecule has 5 heteroatoms. The van der Waals surface area contributed by atoms with Crippen LogP contribution in [0.4, 0.5) is 4.79 Å². The van der Waals surface area contributed by atoms with Crippen LogP contribution in [0.25, 0.3) is 0 Å². The number of alkyl carbamates (subject to hydrolysis) is 1. The molecule has 2 N–H and O–H groups in total. The number of ether oxygens (including phenoxy) is 1. The van der Waals surface area contributed by atoms with Gasteiger partial charge in [-0.25, -0.2) is 4.79 Å². The Morgan fingerprint density at radius 1 is 1.33 bits per heavy atom. The summed E-state index contributed by atoms with van der Waals surface area (Å²) in [6.45, 7) is 3.99. The molecule has 1 aliphatic carbocycles. The highest BCUT2D eigenvalue weighted by molar-refractivity contribution is 5.69. The van der Waals surface area contributed by atoms with Gasteiger partial charge in [0.1, 0.15) is 6.61 Å². The molecule has 18 heavy (non-hydrogen) atoms. The third-order valence-corrected chi connectivity index (χ3v) is 3.38. The van der Waals surface area contributed by atoms with Crippen molar-refractivity contribution in [2.24, 2.45) is 5.41 Å². The number of hydrogen-bond acceptors (Lipinski definition) is 3. The maximum Gasteiger partial charge on any atom is 0.407 e. The highest BCUT2D eigenvalue weighted by Gasteiger charge is 2.34. The van der Waals surface area contributed by atoms with Crippen LogP contribution >= 0.6 is 0 Å². The first kappa shape index (κ1) is 14.5. The van der Waals surface area contributed by atoms with Crippen molar-refractivity contribution in [1.82, 2.24) is 5.32 Å². The summed E-state index contributed by atoms with van der Waals surface area (Å²) in [5.41, 5.74) is -0.308. The fraction of sp³-hybridized carbons (Fsp3) is 0.692. The van der Waals surface area contributed by atoms with E-state index in [9.17, 15) is 9.59 Å². The molecule has 0 aliphatic heterocycles. The Kier molecular flexibility index (Phi) is 5.68. The number of carboxylic acids is 1. The van der Waals surface area contributed by atoms with Gasteiger partial charge in [-0.3, -0.25) is 4.79 Å². The van der Waals surface area contributed by atoms with E-state index in [0.717, 1.165) is 32.1 Å². The van der Waals surface area contributed by atoms with Crippen molar-refractivity contribution in [2.75, 3.05) is 13.2 Å². The lowest BCUT2D eigenvalue weighted by Crippen LogP contribution is -2.40. The maximum absolute atomic E-state index is 11.3. The molecule has 1 amide bonds. The average Bonchev–Trinajstić information content (AvgIpc) is 2.34. The summed E-state index contributed by atoms with van der Waals surface area (Å²) in [7, 11) is 0. The fourth-order valence-corrected chi connectivity index (χ4v) is 2.48. The molecule has 0 heterocycles. The molecule has 0 unspecified atom stereocenters. The lowest BCUT2D eigenvalue weighted by Gasteiger charge is -2.36. The van der Waals surface area contributed by atoms with E-state index in [0.29, 0.717) is 6.54 Å². The summed E-state index contributed by atoms with van der Waals surface area (Å²) in [5.74, 6) is -0.807. The van der Waals surface area contributed by atoms with Gasteiger partial charge in [0, 0.05) is 6.54 Å². The topological polar surface area (TPSA) is 75.6 Å². The number of carbonyl (C=O) groups excluding carboxylic acids is 1. The number of rotatable bonds is 6. The molecular weight excluding hydrogens is 234 g/mol. The monoisotopic (exact) mass is 255 g/mol. The van der Waals surface area contributed by atoms with Crippen molar-refractivity contribution < 1.29 is 19.4 Å². The fourth-order valence-electron chi connectivity index (χ4n) is 2.48. The lowest BCUT2D eigenvalue weighted by molar-refractivity contribution is -0.140. The standard InChI is InChI=1S/C13H21NO4/c1-2-8-18-12(17)14-10-13(9-11(15)16)6-4-3-5-7-13/h2H,1,3-10H2,(H,14,17)(H,15,16). The summed E-state index contributed by atoms with van der Waals surface area (Å²) in [5, 5.41) is 11.6. The molecule has 0 atom stereocenters. The molecule has 0 aromatic rings. The molecule has 0 spiro atoms. The summed E-state index contributed by atoms with van der Waals surface area (Å²) in [6, 6.07) is 0. The molecule has 1 rings (SSSR count). The molecule has 0 saturated heterocycles. The summed E-state index contributed by atoms with van der Waals surface area (Å²) in [4.78, 5) is 22.3. The van der Waals surface area contributed by atoms with Crippen LogP contribution in [-0.2, 0) is 9.53 Å². The van der Waals surface area contributed by atoms with Crippen molar-refractivity contribution >= 4 is 12.1 Å². The van der Waals surface area contributed by atoms with E-state index < -0.39 is 12.1 Å². The molecule has 0 aromatic heterocycles. The van der Waals surface area contributed by atoms with Gasteiger partial charge in [-0.15, -0.1) is 0 Å². The Balaban J connectivity index is 2.48. The van der Waals surface area contributed by atoms with Crippen molar-refractivity contribution in [2.45, 2.75) is 38.5 Å². The number of nitrogens with one attached hydrogen (secondary N) is 1. The molecule has 0 aromatic carbocycles. The summed E-state index contributed by atoms with van der Waals surface area (Å²) in [6.07, 6.45) is 5.98. The van der Waals surface area contributed by atoms with Gasteiger partial charge in [-0.1, -0.05) is 31.9 Å². The van der Waals surface area contributed by atoms with E-state index in [1.54, 1.807) is 0 Å². The van der Waals surface area contributed by atoms with Gasteiger partial charge < -0.3 is 15.2 Å². The van der Waals surface area contributed by atoms with Gasteiger partial charge in [0.2, 0.25) is 0 Å². The number of carbonyl (C=O) groups is 2. The predicted molar refractivity (Wildman–Crippen MR) is 67.3 cm³/mol. The maximum atomic E-state index is 11.3. The second-order valence-corrected chi connectivity index (χ2v) is 4.87. The minimum Gasteiger partial charge on any atom is -0.481 e. The van der Waals surface area contributed by atoms with Crippen LogP contribution < -0.4 is 5.32 Å². The molecule has 0 radical (unpaired) electrons. The zero-order chi connectivity index (χ0) is 13.4. The van der Waals surface area contributed by atoms with Gasteiger partial charge in [0.25, 0.3) is 0 Å². The molecule has 1 saturated carbocycles. The molecule has 1 aliphatic rings. The molecule has 102 valence electrons. The van der Waals surface area contributed by atoms with Crippen LogP contribution in [0, 0.1) is 5.41 Å². The van der Waals surface area contributed by atoms with Crippen LogP contribution in [-0.4, -0.2) is 30.3 Å². The highest BCUT2D eigenvalue weighted by Crippen LogP contribution is 2.38. The first-order valence-electron chi connectivity index (χ1n) is 6.31. The summed E-state index contributed by atoms with van der Waals surface area (Å²) >= 11 is 0. The van der Waals surface area contributed by atoms with Crippen LogP contribution in [0.3, 0.4) is 0 Å². The smallest absolute Gasteiger partial charge is 0.407 e. The SMILES string of the molecule is C=CCOC(=O)NCC1(CC(=O)O)CCCCC1. The Morgan fingerprint density at radius 3 is 2.56 bits per heavy atom. The third-order valence-electron chi connectivity index (χ3n) is 3.38. The average molecular weight is 255 g/mol. The predicted octanol–water partition coefficient (Wildman–Crippen LogP) is 2.32. The number of amides is 1. The Labute approximate surface area is 107 Å². The second-order valence-electron chi connectivity index (χ2n) is 4.87. The molecule has 0 bridgehead atoms. The lowest BCUT2D eigenvalue weighted by atomic mass is 9.72. The normalized spacial score (nSPS) is 17.8. The van der Waals surface area contributed by atoms with E-state index >= 15 is 0 Å². The molecule has 5 nitrogen and oxygen atoms in total. The van der Waals surface area contributed by atoms with Gasteiger partial charge in [-0.05, 0) is 18.3 Å². The van der Waals surface area contributed by atoms with Crippen molar-refractivity contribution in [3.05, 3.63) is 12.7 Å². The first-order valence-corrected chi connectivity index (χ1v) is 6.31. The van der Waals surface area contributed by atoms with E-state index in [1.165, 1.54) is 6.08 Å². The third kappa shape index (κ3) is 4.77. The molecular formula is C13H21NO4. The number of aliphatic carboxylic acids is 1. The van der Waals surface area contributed by atoms with Crippen molar-refractivity contribution in [3.8, 4) is 0 Å².